The van der Waals surface area contributed by atoms with Crippen molar-refractivity contribution < 1.29 is 9.31 Å². The lowest BCUT2D eigenvalue weighted by Gasteiger charge is -2.04. The Bertz CT molecular complexity index is 1130. The van der Waals surface area contributed by atoms with E-state index in [4.69, 9.17) is 0 Å². The third kappa shape index (κ3) is 3.63. The summed E-state index contributed by atoms with van der Waals surface area (Å²) < 4.78 is 14.7. The van der Waals surface area contributed by atoms with Gasteiger partial charge in [-0.25, -0.2) is 4.39 Å². The highest BCUT2D eigenvalue weighted by atomic mass is 32.2. The number of thioether (sulfide) groups is 1. The van der Waals surface area contributed by atoms with Crippen LogP contribution in [-0.2, 0) is 5.75 Å². The van der Waals surface area contributed by atoms with E-state index in [9.17, 15) is 14.5 Å². The van der Waals surface area contributed by atoms with Crippen LogP contribution in [0.5, 0.6) is 0 Å². The Morgan fingerprint density at radius 3 is 2.67 bits per heavy atom. The lowest BCUT2D eigenvalue weighted by molar-refractivity contribution is -0.384. The largest absolute Gasteiger partial charge is 0.269 e. The Kier molecular flexibility index (Phi) is 4.51. The maximum absolute atomic E-state index is 13.1. The van der Waals surface area contributed by atoms with Crippen molar-refractivity contribution in [1.29, 1.82) is 0 Å². The molecule has 7 nitrogen and oxygen atoms in total. The van der Waals surface area contributed by atoms with E-state index in [2.05, 4.69) is 15.3 Å². The Labute approximate surface area is 157 Å². The molecule has 2 aromatic heterocycles. The molecule has 27 heavy (non-hydrogen) atoms. The predicted molar refractivity (Wildman–Crippen MR) is 98.8 cm³/mol. The first-order chi connectivity index (χ1) is 13.1. The van der Waals surface area contributed by atoms with Crippen LogP contribution in [0.1, 0.15) is 5.56 Å². The highest BCUT2D eigenvalue weighted by molar-refractivity contribution is 7.98. The summed E-state index contributed by atoms with van der Waals surface area (Å²) in [5.74, 6) is 0.727. The Morgan fingerprint density at radius 2 is 1.89 bits per heavy atom. The average molecular weight is 381 g/mol. The van der Waals surface area contributed by atoms with Crippen molar-refractivity contribution in [3.8, 4) is 11.4 Å². The Hall–Kier alpha value is -3.33. The molecule has 0 aliphatic rings. The number of aromatic nitrogens is 4. The van der Waals surface area contributed by atoms with E-state index in [0.29, 0.717) is 22.8 Å². The molecule has 2 aromatic carbocycles. The lowest BCUT2D eigenvalue weighted by Crippen LogP contribution is -1.97. The van der Waals surface area contributed by atoms with Crippen molar-refractivity contribution in [2.75, 3.05) is 0 Å². The van der Waals surface area contributed by atoms with Gasteiger partial charge < -0.3 is 0 Å². The normalized spacial score (nSPS) is 11.0. The molecule has 0 saturated carbocycles. The van der Waals surface area contributed by atoms with E-state index >= 15 is 0 Å². The smallest absolute Gasteiger partial charge is 0.258 e. The van der Waals surface area contributed by atoms with E-state index in [1.807, 2.05) is 12.1 Å². The number of rotatable bonds is 5. The minimum atomic E-state index is -0.412. The molecule has 0 aliphatic carbocycles. The van der Waals surface area contributed by atoms with Crippen LogP contribution in [0.25, 0.3) is 17.0 Å². The minimum Gasteiger partial charge on any atom is -0.258 e. The Morgan fingerprint density at radius 1 is 1.07 bits per heavy atom. The summed E-state index contributed by atoms with van der Waals surface area (Å²) in [5.41, 5.74) is 2.18. The molecule has 134 valence electrons. The molecule has 0 unspecified atom stereocenters. The van der Waals surface area contributed by atoms with Gasteiger partial charge in [-0.05, 0) is 42.0 Å². The van der Waals surface area contributed by atoms with Crippen molar-refractivity contribution in [3.05, 3.63) is 82.2 Å². The van der Waals surface area contributed by atoms with Crippen LogP contribution in [0, 0.1) is 15.9 Å². The van der Waals surface area contributed by atoms with Gasteiger partial charge in [0.15, 0.2) is 11.5 Å². The van der Waals surface area contributed by atoms with Crippen LogP contribution in [0.15, 0.2) is 65.7 Å². The highest BCUT2D eigenvalue weighted by Crippen LogP contribution is 2.25. The number of nitro groups is 1. The first-order valence-corrected chi connectivity index (χ1v) is 8.93. The van der Waals surface area contributed by atoms with E-state index in [1.54, 1.807) is 34.8 Å². The van der Waals surface area contributed by atoms with Crippen LogP contribution in [-0.4, -0.2) is 24.7 Å². The molecule has 0 amide bonds. The Balaban J connectivity index is 1.60. The molecule has 0 atom stereocenters. The third-order valence-corrected chi connectivity index (χ3v) is 4.84. The zero-order valence-electron chi connectivity index (χ0n) is 13.8. The van der Waals surface area contributed by atoms with Gasteiger partial charge in [0.25, 0.3) is 5.69 Å². The fourth-order valence-electron chi connectivity index (χ4n) is 2.55. The third-order valence-electron chi connectivity index (χ3n) is 3.85. The summed E-state index contributed by atoms with van der Waals surface area (Å²) >= 11 is 1.45. The molecule has 0 bridgehead atoms. The summed E-state index contributed by atoms with van der Waals surface area (Å²) in [6.07, 6.45) is 0. The molecule has 9 heteroatoms. The van der Waals surface area contributed by atoms with Crippen LogP contribution < -0.4 is 0 Å². The average Bonchev–Trinajstić information content (AvgIpc) is 3.10. The van der Waals surface area contributed by atoms with Crippen molar-refractivity contribution in [2.45, 2.75) is 10.8 Å². The van der Waals surface area contributed by atoms with Gasteiger partial charge >= 0.3 is 0 Å². The zero-order chi connectivity index (χ0) is 18.8. The maximum atomic E-state index is 13.1. The maximum Gasteiger partial charge on any atom is 0.269 e. The summed E-state index contributed by atoms with van der Waals surface area (Å²) in [4.78, 5) is 10.5. The molecular formula is C18H12FN5O2S. The molecule has 2 heterocycles. The minimum absolute atomic E-state index is 0.0638. The molecule has 0 saturated heterocycles. The van der Waals surface area contributed by atoms with Gasteiger partial charge in [-0.1, -0.05) is 23.9 Å². The molecular weight excluding hydrogens is 369 g/mol. The summed E-state index contributed by atoms with van der Waals surface area (Å²) in [6, 6.07) is 16.1. The van der Waals surface area contributed by atoms with Gasteiger partial charge in [0.05, 0.1) is 4.92 Å². The van der Waals surface area contributed by atoms with Crippen molar-refractivity contribution >= 4 is 23.1 Å². The summed E-state index contributed by atoms with van der Waals surface area (Å²) in [7, 11) is 0. The van der Waals surface area contributed by atoms with Gasteiger partial charge in [-0.15, -0.1) is 10.2 Å². The first kappa shape index (κ1) is 17.1. The number of hydrogen-bond acceptors (Lipinski definition) is 6. The van der Waals surface area contributed by atoms with E-state index in [0.717, 1.165) is 10.6 Å². The summed E-state index contributed by atoms with van der Waals surface area (Å²) in [6.45, 7) is 0. The second-order valence-corrected chi connectivity index (χ2v) is 6.68. The van der Waals surface area contributed by atoms with Crippen molar-refractivity contribution in [3.63, 3.8) is 0 Å². The van der Waals surface area contributed by atoms with Gasteiger partial charge in [-0.3, -0.25) is 10.1 Å². The second kappa shape index (κ2) is 7.12. The monoisotopic (exact) mass is 381 g/mol. The fraction of sp³-hybridized carbons (Fsp3) is 0.0556. The highest BCUT2D eigenvalue weighted by Gasteiger charge is 2.11. The molecule has 4 aromatic rings. The van der Waals surface area contributed by atoms with E-state index in [1.165, 1.54) is 30.0 Å². The van der Waals surface area contributed by atoms with E-state index < -0.39 is 4.92 Å². The van der Waals surface area contributed by atoms with Gasteiger partial charge in [0.1, 0.15) is 10.8 Å². The van der Waals surface area contributed by atoms with Gasteiger partial charge in [0.2, 0.25) is 0 Å². The van der Waals surface area contributed by atoms with Gasteiger partial charge in [-0.2, -0.15) is 9.61 Å². The topological polar surface area (TPSA) is 86.2 Å². The number of non-ortho nitro benzene ring substituents is 1. The SMILES string of the molecule is O=[N+]([O-])c1cccc(CSc2ccc3nnc(-c4ccc(F)cc4)n3n2)c1. The van der Waals surface area contributed by atoms with E-state index in [-0.39, 0.29) is 11.5 Å². The quantitative estimate of drug-likeness (QED) is 0.293. The van der Waals surface area contributed by atoms with Crippen LogP contribution in [0.4, 0.5) is 10.1 Å². The fourth-order valence-corrected chi connectivity index (χ4v) is 3.34. The molecule has 0 radical (unpaired) electrons. The number of nitro benzene ring substituents is 1. The second-order valence-electron chi connectivity index (χ2n) is 5.69. The van der Waals surface area contributed by atoms with Crippen molar-refractivity contribution in [1.82, 2.24) is 19.8 Å². The predicted octanol–water partition coefficient (Wildman–Crippen LogP) is 4.13. The molecule has 4 rings (SSSR count). The van der Waals surface area contributed by atoms with Crippen LogP contribution >= 0.6 is 11.8 Å². The van der Waals surface area contributed by atoms with Crippen LogP contribution in [0.2, 0.25) is 0 Å². The molecule has 0 spiro atoms. The molecule has 0 aliphatic heterocycles. The lowest BCUT2D eigenvalue weighted by atomic mass is 10.2. The zero-order valence-corrected chi connectivity index (χ0v) is 14.6. The number of benzene rings is 2. The molecule has 0 fully saturated rings. The van der Waals surface area contributed by atoms with Crippen molar-refractivity contribution in [2.24, 2.45) is 0 Å². The number of hydrogen-bond donors (Lipinski definition) is 0. The summed E-state index contributed by atoms with van der Waals surface area (Å²) in [5, 5.41) is 24.3. The van der Waals surface area contributed by atoms with Gasteiger partial charge in [0, 0.05) is 23.4 Å². The number of fused-ring (bicyclic) bond motifs is 1. The number of nitrogens with zero attached hydrogens (tertiary/aromatic N) is 5. The number of halogens is 1. The van der Waals surface area contributed by atoms with Crippen LogP contribution in [0.3, 0.4) is 0 Å². The first-order valence-electron chi connectivity index (χ1n) is 7.95. The standard InChI is InChI=1S/C18H12FN5O2S/c19-14-6-4-13(5-7-14)18-21-20-16-8-9-17(22-23(16)18)27-11-12-2-1-3-15(10-12)24(25)26/h1-10H,11H2. The molecule has 0 N–H and O–H groups in total.